The average molecular weight is 391 g/mol. The zero-order valence-corrected chi connectivity index (χ0v) is 18.5. The average Bonchev–Trinajstić information content (AvgIpc) is 2.66. The lowest BCUT2D eigenvalue weighted by molar-refractivity contribution is 0.0601. The van der Waals surface area contributed by atoms with E-state index in [4.69, 9.17) is 9.73 Å². The lowest BCUT2D eigenvalue weighted by Gasteiger charge is -2.43. The van der Waals surface area contributed by atoms with E-state index in [1.54, 1.807) is 12.1 Å². The minimum atomic E-state index is -0.352. The van der Waals surface area contributed by atoms with Gasteiger partial charge in [0.25, 0.3) is 0 Å². The van der Waals surface area contributed by atoms with Gasteiger partial charge in [0.1, 0.15) is 0 Å². The normalized spacial score (nSPS) is 15.3. The summed E-state index contributed by atoms with van der Waals surface area (Å²) in [5, 5.41) is 0. The van der Waals surface area contributed by atoms with Crippen molar-refractivity contribution in [1.82, 2.24) is 0 Å². The molecule has 1 heterocycles. The molecule has 0 fully saturated rings. The molecule has 4 heteroatoms. The molecule has 0 saturated heterocycles. The third-order valence-corrected chi connectivity index (χ3v) is 5.65. The molecule has 0 aromatic heterocycles. The number of methoxy groups -OCH3 is 1. The van der Waals surface area contributed by atoms with Gasteiger partial charge in [0.15, 0.2) is 0 Å². The number of aliphatic imine (C=N–C) groups is 1. The topological polar surface area (TPSA) is 41.9 Å². The van der Waals surface area contributed by atoms with Gasteiger partial charge < -0.3 is 9.64 Å². The first-order valence-corrected chi connectivity index (χ1v) is 10.0. The van der Waals surface area contributed by atoms with Crippen molar-refractivity contribution in [3.63, 3.8) is 0 Å². The SMILES string of the molecule is CCN1c2cc(C)c(C=Nc3cc(C(=O)OC)ccc3C)cc2C(C)=CC1(C)C. The summed E-state index contributed by atoms with van der Waals surface area (Å²) >= 11 is 0. The second kappa shape index (κ2) is 7.86. The van der Waals surface area contributed by atoms with Crippen molar-refractivity contribution in [1.29, 1.82) is 0 Å². The lowest BCUT2D eigenvalue weighted by Crippen LogP contribution is -2.45. The second-order valence-corrected chi connectivity index (χ2v) is 8.20. The van der Waals surface area contributed by atoms with Gasteiger partial charge >= 0.3 is 5.97 Å². The number of benzene rings is 2. The fraction of sp³-hybridized carbons (Fsp3) is 0.360. The van der Waals surface area contributed by atoms with Crippen LogP contribution in [0.5, 0.6) is 0 Å². The minimum absolute atomic E-state index is 0.000678. The largest absolute Gasteiger partial charge is 0.465 e. The van der Waals surface area contributed by atoms with Crippen LogP contribution in [0.4, 0.5) is 11.4 Å². The number of hydrogen-bond donors (Lipinski definition) is 0. The number of rotatable bonds is 4. The van der Waals surface area contributed by atoms with Crippen LogP contribution in [0.25, 0.3) is 5.57 Å². The Hall–Kier alpha value is -2.88. The van der Waals surface area contributed by atoms with Crippen molar-refractivity contribution >= 4 is 29.1 Å². The molecule has 0 N–H and O–H groups in total. The highest BCUT2D eigenvalue weighted by Crippen LogP contribution is 2.40. The number of fused-ring (bicyclic) bond motifs is 1. The number of likely N-dealkylation sites (N-methyl/N-ethyl adjacent to an activating group) is 1. The monoisotopic (exact) mass is 390 g/mol. The van der Waals surface area contributed by atoms with Crippen LogP contribution < -0.4 is 4.90 Å². The van der Waals surface area contributed by atoms with Gasteiger partial charge in [-0.25, -0.2) is 4.79 Å². The maximum atomic E-state index is 11.8. The maximum Gasteiger partial charge on any atom is 0.337 e. The zero-order chi connectivity index (χ0) is 21.3. The summed E-state index contributed by atoms with van der Waals surface area (Å²) < 4.78 is 4.82. The molecule has 0 atom stereocenters. The van der Waals surface area contributed by atoms with Crippen molar-refractivity contribution in [3.05, 3.63) is 64.2 Å². The molecule has 0 unspecified atom stereocenters. The molecule has 152 valence electrons. The first kappa shape index (κ1) is 20.8. The third kappa shape index (κ3) is 3.98. The first-order valence-electron chi connectivity index (χ1n) is 10.0. The van der Waals surface area contributed by atoms with Crippen LogP contribution in [0.2, 0.25) is 0 Å². The molecule has 0 spiro atoms. The van der Waals surface area contributed by atoms with Gasteiger partial charge in [-0.2, -0.15) is 0 Å². The molecular weight excluding hydrogens is 360 g/mol. The molecule has 0 amide bonds. The number of esters is 1. The first-order chi connectivity index (χ1) is 13.7. The summed E-state index contributed by atoms with van der Waals surface area (Å²) in [5.74, 6) is -0.352. The van der Waals surface area contributed by atoms with E-state index in [-0.39, 0.29) is 11.5 Å². The summed E-state index contributed by atoms with van der Waals surface area (Å²) in [6.45, 7) is 13.9. The van der Waals surface area contributed by atoms with E-state index in [0.717, 1.165) is 23.4 Å². The number of carbonyl (C=O) groups excluding carboxylic acids is 1. The molecule has 0 bridgehead atoms. The number of carbonyl (C=O) groups is 1. The minimum Gasteiger partial charge on any atom is -0.465 e. The standard InChI is InChI=1S/C25H30N2O2/c1-8-27-23-11-17(3)20(12-21(23)18(4)14-25(27,5)6)15-26-22-13-19(24(28)29-7)10-9-16(22)2/h9-15H,8H2,1-7H3. The summed E-state index contributed by atoms with van der Waals surface area (Å²) in [4.78, 5) is 19.0. The van der Waals surface area contributed by atoms with Crippen LogP contribution in [0, 0.1) is 13.8 Å². The van der Waals surface area contributed by atoms with Gasteiger partial charge in [0.2, 0.25) is 0 Å². The van der Waals surface area contributed by atoms with E-state index in [1.165, 1.54) is 29.5 Å². The molecule has 0 radical (unpaired) electrons. The van der Waals surface area contributed by atoms with Gasteiger partial charge in [0, 0.05) is 24.0 Å². The second-order valence-electron chi connectivity index (χ2n) is 8.20. The number of aryl methyl sites for hydroxylation is 2. The Balaban J connectivity index is 2.02. The summed E-state index contributed by atoms with van der Waals surface area (Å²) in [5.41, 5.74) is 8.36. The summed E-state index contributed by atoms with van der Waals surface area (Å²) in [7, 11) is 1.39. The van der Waals surface area contributed by atoms with Crippen molar-refractivity contribution < 1.29 is 9.53 Å². The predicted molar refractivity (Wildman–Crippen MR) is 122 cm³/mol. The van der Waals surface area contributed by atoms with E-state index in [1.807, 2.05) is 19.2 Å². The highest BCUT2D eigenvalue weighted by molar-refractivity contribution is 5.92. The Morgan fingerprint density at radius 3 is 2.52 bits per heavy atom. The number of anilines is 1. The Morgan fingerprint density at radius 2 is 1.86 bits per heavy atom. The number of allylic oxidation sites excluding steroid dienone is 1. The van der Waals surface area contributed by atoms with Crippen molar-refractivity contribution in [2.75, 3.05) is 18.6 Å². The van der Waals surface area contributed by atoms with E-state index >= 15 is 0 Å². The highest BCUT2D eigenvalue weighted by Gasteiger charge is 2.30. The van der Waals surface area contributed by atoms with Crippen LogP contribution in [0.15, 0.2) is 41.4 Å². The van der Waals surface area contributed by atoms with Gasteiger partial charge in [-0.05, 0) is 88.1 Å². The van der Waals surface area contributed by atoms with Crippen LogP contribution in [-0.2, 0) is 4.74 Å². The van der Waals surface area contributed by atoms with Crippen molar-refractivity contribution in [2.24, 2.45) is 4.99 Å². The molecule has 3 rings (SSSR count). The Morgan fingerprint density at radius 1 is 1.14 bits per heavy atom. The Labute approximate surface area is 173 Å². The number of nitrogens with zero attached hydrogens (tertiary/aromatic N) is 2. The Bertz CT molecular complexity index is 1020. The smallest absolute Gasteiger partial charge is 0.337 e. The fourth-order valence-corrected chi connectivity index (χ4v) is 4.09. The fourth-order valence-electron chi connectivity index (χ4n) is 4.09. The Kier molecular flexibility index (Phi) is 5.65. The van der Waals surface area contributed by atoms with Gasteiger partial charge in [-0.1, -0.05) is 12.1 Å². The van der Waals surface area contributed by atoms with Crippen molar-refractivity contribution in [2.45, 2.75) is 47.1 Å². The quantitative estimate of drug-likeness (QED) is 0.485. The summed E-state index contributed by atoms with van der Waals surface area (Å²) in [6, 6.07) is 9.91. The predicted octanol–water partition coefficient (Wildman–Crippen LogP) is 5.86. The number of hydrogen-bond acceptors (Lipinski definition) is 4. The zero-order valence-electron chi connectivity index (χ0n) is 18.5. The van der Waals surface area contributed by atoms with Crippen LogP contribution >= 0.6 is 0 Å². The van der Waals surface area contributed by atoms with Crippen LogP contribution in [0.1, 0.15) is 60.3 Å². The maximum absolute atomic E-state index is 11.8. The summed E-state index contributed by atoms with van der Waals surface area (Å²) in [6.07, 6.45) is 4.22. The molecule has 0 aliphatic carbocycles. The molecule has 1 aliphatic rings. The van der Waals surface area contributed by atoms with E-state index in [2.05, 4.69) is 57.7 Å². The lowest BCUT2D eigenvalue weighted by atomic mass is 9.87. The number of ether oxygens (including phenoxy) is 1. The van der Waals surface area contributed by atoms with Gasteiger partial charge in [-0.15, -0.1) is 0 Å². The molecule has 2 aromatic carbocycles. The van der Waals surface area contributed by atoms with Crippen LogP contribution in [-0.4, -0.2) is 31.4 Å². The van der Waals surface area contributed by atoms with Crippen LogP contribution in [0.3, 0.4) is 0 Å². The molecule has 4 nitrogen and oxygen atoms in total. The van der Waals surface area contributed by atoms with E-state index < -0.39 is 0 Å². The van der Waals surface area contributed by atoms with Gasteiger partial charge in [-0.3, -0.25) is 4.99 Å². The van der Waals surface area contributed by atoms with Gasteiger partial charge in [0.05, 0.1) is 23.9 Å². The molecule has 1 aliphatic heterocycles. The van der Waals surface area contributed by atoms with E-state index in [9.17, 15) is 4.79 Å². The molecule has 0 saturated carbocycles. The molecule has 29 heavy (non-hydrogen) atoms. The van der Waals surface area contributed by atoms with E-state index in [0.29, 0.717) is 5.56 Å². The highest BCUT2D eigenvalue weighted by atomic mass is 16.5. The molecule has 2 aromatic rings. The molecular formula is C25H30N2O2. The third-order valence-electron chi connectivity index (χ3n) is 5.65. The van der Waals surface area contributed by atoms with Crippen molar-refractivity contribution in [3.8, 4) is 0 Å².